The summed E-state index contributed by atoms with van der Waals surface area (Å²) in [7, 11) is 0. The summed E-state index contributed by atoms with van der Waals surface area (Å²) in [6.07, 6.45) is 2.26. The van der Waals surface area contributed by atoms with E-state index in [1.54, 1.807) is 13.0 Å². The summed E-state index contributed by atoms with van der Waals surface area (Å²) in [6, 6.07) is 17.9. The molecule has 0 spiro atoms. The summed E-state index contributed by atoms with van der Waals surface area (Å²) in [5, 5.41) is 0. The lowest BCUT2D eigenvalue weighted by Gasteiger charge is -2.29. The van der Waals surface area contributed by atoms with E-state index in [0.717, 1.165) is 22.3 Å². The third-order valence-electron chi connectivity index (χ3n) is 4.62. The number of hydrogen-bond donors (Lipinski definition) is 0. The van der Waals surface area contributed by atoms with Crippen molar-refractivity contribution in [1.29, 1.82) is 0 Å². The van der Waals surface area contributed by atoms with Gasteiger partial charge >= 0.3 is 5.97 Å². The molecule has 3 nitrogen and oxygen atoms in total. The van der Waals surface area contributed by atoms with Crippen LogP contribution >= 0.6 is 0 Å². The summed E-state index contributed by atoms with van der Waals surface area (Å²) in [4.78, 5) is 25.2. The number of benzene rings is 2. The molecule has 0 amide bonds. The van der Waals surface area contributed by atoms with Crippen LogP contribution in [0.15, 0.2) is 60.7 Å². The minimum atomic E-state index is -0.768. The lowest BCUT2D eigenvalue weighted by Crippen LogP contribution is -2.34. The SMILES string of the molecule is CCOC(=O)[C@@H]1C(=O)C=C(c2cccc(C)c2)C[C@@H]1c1ccccc1. The number of ether oxygens (including phenoxy) is 1. The molecule has 0 saturated carbocycles. The van der Waals surface area contributed by atoms with E-state index in [-0.39, 0.29) is 18.3 Å². The van der Waals surface area contributed by atoms with Gasteiger partial charge in [-0.1, -0.05) is 60.2 Å². The van der Waals surface area contributed by atoms with E-state index in [4.69, 9.17) is 4.74 Å². The molecule has 0 heterocycles. The van der Waals surface area contributed by atoms with Crippen LogP contribution in [0.1, 0.15) is 36.0 Å². The Bertz CT molecular complexity index is 805. The highest BCUT2D eigenvalue weighted by Crippen LogP contribution is 2.40. The number of carbonyl (C=O) groups is 2. The molecule has 1 aliphatic rings. The molecular formula is C22H22O3. The average Bonchev–Trinajstić information content (AvgIpc) is 2.62. The lowest BCUT2D eigenvalue weighted by molar-refractivity contribution is -0.151. The molecule has 0 aliphatic heterocycles. The maximum absolute atomic E-state index is 12.8. The Kier molecular flexibility index (Phi) is 5.13. The molecule has 0 unspecified atom stereocenters. The molecule has 3 rings (SSSR count). The van der Waals surface area contributed by atoms with E-state index >= 15 is 0 Å². The second kappa shape index (κ2) is 7.47. The van der Waals surface area contributed by atoms with Crippen molar-refractivity contribution >= 4 is 17.3 Å². The van der Waals surface area contributed by atoms with Crippen LogP contribution in [0.25, 0.3) is 5.57 Å². The molecule has 2 aromatic rings. The first-order valence-electron chi connectivity index (χ1n) is 8.63. The van der Waals surface area contributed by atoms with Crippen molar-refractivity contribution < 1.29 is 14.3 Å². The fraction of sp³-hybridized carbons (Fsp3) is 0.273. The zero-order chi connectivity index (χ0) is 17.8. The van der Waals surface area contributed by atoms with Gasteiger partial charge in [0.2, 0.25) is 0 Å². The number of allylic oxidation sites excluding steroid dienone is 2. The average molecular weight is 334 g/mol. The highest BCUT2D eigenvalue weighted by Gasteiger charge is 2.39. The third-order valence-corrected chi connectivity index (χ3v) is 4.62. The standard InChI is InChI=1S/C22H22O3/c1-3-25-22(24)21-19(16-9-5-4-6-10-16)13-18(14-20(21)23)17-11-7-8-15(2)12-17/h4-12,14,19,21H,3,13H2,1-2H3/t19-,21+/m1/s1. The first-order chi connectivity index (χ1) is 12.1. The summed E-state index contributed by atoms with van der Waals surface area (Å²) in [6.45, 7) is 4.07. The van der Waals surface area contributed by atoms with Gasteiger partial charge in [-0.3, -0.25) is 9.59 Å². The Morgan fingerprint density at radius 1 is 1.12 bits per heavy atom. The van der Waals surface area contributed by atoms with Crippen LogP contribution < -0.4 is 0 Å². The smallest absolute Gasteiger partial charge is 0.317 e. The normalized spacial score (nSPS) is 20.1. The highest BCUT2D eigenvalue weighted by atomic mass is 16.5. The minimum Gasteiger partial charge on any atom is -0.465 e. The van der Waals surface area contributed by atoms with Gasteiger partial charge in [0.05, 0.1) is 6.61 Å². The van der Waals surface area contributed by atoms with Crippen molar-refractivity contribution in [3.05, 3.63) is 77.4 Å². The second-order valence-electron chi connectivity index (χ2n) is 6.39. The Hall–Kier alpha value is -2.68. The van der Waals surface area contributed by atoms with Crippen LogP contribution in [0.5, 0.6) is 0 Å². The van der Waals surface area contributed by atoms with Gasteiger partial charge < -0.3 is 4.74 Å². The first-order valence-corrected chi connectivity index (χ1v) is 8.63. The van der Waals surface area contributed by atoms with Gasteiger partial charge in [-0.2, -0.15) is 0 Å². The zero-order valence-corrected chi connectivity index (χ0v) is 14.6. The minimum absolute atomic E-state index is 0.171. The maximum Gasteiger partial charge on any atom is 0.317 e. The zero-order valence-electron chi connectivity index (χ0n) is 14.6. The number of ketones is 1. The third kappa shape index (κ3) is 3.71. The van der Waals surface area contributed by atoms with Crippen molar-refractivity contribution in [1.82, 2.24) is 0 Å². The number of aryl methyl sites for hydroxylation is 1. The lowest BCUT2D eigenvalue weighted by atomic mass is 9.73. The molecule has 25 heavy (non-hydrogen) atoms. The molecule has 0 fully saturated rings. The van der Waals surface area contributed by atoms with Crippen LogP contribution in [-0.2, 0) is 14.3 Å². The van der Waals surface area contributed by atoms with Gasteiger partial charge in [-0.15, -0.1) is 0 Å². The van der Waals surface area contributed by atoms with Gasteiger partial charge in [-0.25, -0.2) is 0 Å². The molecule has 3 heteroatoms. The van der Waals surface area contributed by atoms with Gasteiger partial charge in [0.15, 0.2) is 5.78 Å². The van der Waals surface area contributed by atoms with E-state index in [0.29, 0.717) is 6.42 Å². The van der Waals surface area contributed by atoms with Crippen molar-refractivity contribution in [2.45, 2.75) is 26.2 Å². The van der Waals surface area contributed by atoms with Crippen molar-refractivity contribution in [2.75, 3.05) is 6.61 Å². The molecule has 0 bridgehead atoms. The monoisotopic (exact) mass is 334 g/mol. The summed E-state index contributed by atoms with van der Waals surface area (Å²) in [5.41, 5.74) is 4.15. The van der Waals surface area contributed by atoms with Gasteiger partial charge in [-0.05, 0) is 43.0 Å². The predicted molar refractivity (Wildman–Crippen MR) is 98.1 cm³/mol. The fourth-order valence-electron chi connectivity index (χ4n) is 3.44. The summed E-state index contributed by atoms with van der Waals surface area (Å²) in [5.74, 6) is -1.57. The van der Waals surface area contributed by atoms with E-state index in [1.165, 1.54) is 0 Å². The molecule has 0 aromatic heterocycles. The van der Waals surface area contributed by atoms with E-state index in [1.807, 2.05) is 55.5 Å². The number of hydrogen-bond acceptors (Lipinski definition) is 3. The number of rotatable bonds is 4. The molecule has 1 aliphatic carbocycles. The van der Waals surface area contributed by atoms with Crippen LogP contribution in [0.3, 0.4) is 0 Å². The topological polar surface area (TPSA) is 43.4 Å². The van der Waals surface area contributed by atoms with E-state index < -0.39 is 11.9 Å². The second-order valence-corrected chi connectivity index (χ2v) is 6.39. The van der Waals surface area contributed by atoms with Crippen LogP contribution in [0, 0.1) is 12.8 Å². The predicted octanol–water partition coefficient (Wildman–Crippen LogP) is 4.31. The van der Waals surface area contributed by atoms with E-state index in [2.05, 4.69) is 6.07 Å². The molecule has 2 aromatic carbocycles. The highest BCUT2D eigenvalue weighted by molar-refractivity contribution is 6.10. The van der Waals surface area contributed by atoms with E-state index in [9.17, 15) is 9.59 Å². The van der Waals surface area contributed by atoms with Crippen molar-refractivity contribution in [3.8, 4) is 0 Å². The van der Waals surface area contributed by atoms with Crippen molar-refractivity contribution in [2.24, 2.45) is 5.92 Å². The Balaban J connectivity index is 2.02. The van der Waals surface area contributed by atoms with Crippen molar-refractivity contribution in [3.63, 3.8) is 0 Å². The van der Waals surface area contributed by atoms with Gasteiger partial charge in [0, 0.05) is 5.92 Å². The molecule has 0 radical (unpaired) electrons. The summed E-state index contributed by atoms with van der Waals surface area (Å²) >= 11 is 0. The summed E-state index contributed by atoms with van der Waals surface area (Å²) < 4.78 is 5.17. The molecule has 0 N–H and O–H groups in total. The molecule has 0 saturated heterocycles. The van der Waals surface area contributed by atoms with Gasteiger partial charge in [0.1, 0.15) is 5.92 Å². The Labute approximate surface area is 148 Å². The Morgan fingerprint density at radius 3 is 2.56 bits per heavy atom. The fourth-order valence-corrected chi connectivity index (χ4v) is 3.44. The Morgan fingerprint density at radius 2 is 1.88 bits per heavy atom. The number of esters is 1. The number of carbonyl (C=O) groups excluding carboxylic acids is 2. The first kappa shape index (κ1) is 17.2. The maximum atomic E-state index is 12.8. The largest absolute Gasteiger partial charge is 0.465 e. The van der Waals surface area contributed by atoms with Gasteiger partial charge in [0.25, 0.3) is 0 Å². The van der Waals surface area contributed by atoms with Crippen LogP contribution in [0.4, 0.5) is 0 Å². The quantitative estimate of drug-likeness (QED) is 0.618. The molecular weight excluding hydrogens is 312 g/mol. The van der Waals surface area contributed by atoms with Crippen LogP contribution in [-0.4, -0.2) is 18.4 Å². The molecule has 128 valence electrons. The van der Waals surface area contributed by atoms with Crippen LogP contribution in [0.2, 0.25) is 0 Å². The molecule has 2 atom stereocenters.